The molecule has 0 atom stereocenters. The van der Waals surface area contributed by atoms with Gasteiger partial charge in [0, 0.05) is 29.9 Å². The summed E-state index contributed by atoms with van der Waals surface area (Å²) in [6.07, 6.45) is 1.95. The van der Waals surface area contributed by atoms with Crippen molar-refractivity contribution in [2.45, 2.75) is 26.9 Å². The molecule has 4 rings (SSSR count). The number of hydrogen-bond acceptors (Lipinski definition) is 3. The molecule has 0 unspecified atom stereocenters. The Labute approximate surface area is 172 Å². The highest BCUT2D eigenvalue weighted by molar-refractivity contribution is 5.81. The van der Waals surface area contributed by atoms with E-state index in [-0.39, 0.29) is 0 Å². The van der Waals surface area contributed by atoms with Crippen LogP contribution in [0.1, 0.15) is 22.5 Å². The van der Waals surface area contributed by atoms with Crippen LogP contribution in [0.2, 0.25) is 0 Å². The third kappa shape index (κ3) is 3.87. The molecule has 2 heterocycles. The Balaban J connectivity index is 1.85. The van der Waals surface area contributed by atoms with Gasteiger partial charge in [0.2, 0.25) is 0 Å². The molecule has 5 nitrogen and oxygen atoms in total. The van der Waals surface area contributed by atoms with E-state index in [0.29, 0.717) is 0 Å². The topological polar surface area (TPSA) is 49.7 Å². The van der Waals surface area contributed by atoms with Crippen LogP contribution >= 0.6 is 0 Å². The second kappa shape index (κ2) is 8.05. The van der Waals surface area contributed by atoms with Crippen LogP contribution in [0.5, 0.6) is 0 Å². The molecule has 1 N–H and O–H groups in total. The Bertz CT molecular complexity index is 1090. The molecule has 5 heteroatoms. The molecular formula is C24H27N5. The quantitative estimate of drug-likeness (QED) is 0.525. The Morgan fingerprint density at radius 1 is 0.931 bits per heavy atom. The van der Waals surface area contributed by atoms with Gasteiger partial charge >= 0.3 is 0 Å². The van der Waals surface area contributed by atoms with Gasteiger partial charge < -0.3 is 9.47 Å². The summed E-state index contributed by atoms with van der Waals surface area (Å²) in [5, 5.41) is 7.57. The molecule has 0 bridgehead atoms. The highest BCUT2D eigenvalue weighted by atomic mass is 15.1. The molecule has 2 aromatic carbocycles. The van der Waals surface area contributed by atoms with Crippen molar-refractivity contribution in [2.24, 2.45) is 0 Å². The second-order valence-electron chi connectivity index (χ2n) is 7.75. The number of imidazole rings is 1. The number of hydrogen-bond donors (Lipinski definition) is 1. The van der Waals surface area contributed by atoms with Gasteiger partial charge in [-0.25, -0.2) is 4.98 Å². The van der Waals surface area contributed by atoms with E-state index in [0.717, 1.165) is 47.0 Å². The zero-order valence-corrected chi connectivity index (χ0v) is 17.5. The number of aromatic nitrogens is 4. The van der Waals surface area contributed by atoms with Gasteiger partial charge in [-0.15, -0.1) is 0 Å². The number of H-pyrrole nitrogens is 1. The van der Waals surface area contributed by atoms with Gasteiger partial charge in [0.05, 0.1) is 23.4 Å². The largest absolute Gasteiger partial charge is 0.325 e. The molecule has 148 valence electrons. The number of aryl methyl sites for hydroxylation is 2. The Morgan fingerprint density at radius 2 is 1.62 bits per heavy atom. The molecule has 0 fully saturated rings. The molecule has 4 aromatic rings. The van der Waals surface area contributed by atoms with Crippen LogP contribution < -0.4 is 0 Å². The molecule has 0 spiro atoms. The van der Waals surface area contributed by atoms with Crippen molar-refractivity contribution >= 4 is 0 Å². The maximum absolute atomic E-state index is 4.82. The molecule has 0 aliphatic carbocycles. The van der Waals surface area contributed by atoms with Crippen LogP contribution in [-0.2, 0) is 13.1 Å². The number of aromatic amines is 1. The summed E-state index contributed by atoms with van der Waals surface area (Å²) in [5.74, 6) is 0. The molecule has 0 radical (unpaired) electrons. The van der Waals surface area contributed by atoms with Crippen LogP contribution in [0.15, 0.2) is 60.9 Å². The maximum atomic E-state index is 4.82. The fourth-order valence-corrected chi connectivity index (χ4v) is 3.86. The average Bonchev–Trinajstić information content (AvgIpc) is 3.26. The van der Waals surface area contributed by atoms with Crippen molar-refractivity contribution in [1.29, 1.82) is 0 Å². The molecule has 0 saturated carbocycles. The number of nitrogens with zero attached hydrogens (tertiary/aromatic N) is 4. The van der Waals surface area contributed by atoms with Gasteiger partial charge in [-0.2, -0.15) is 5.10 Å². The lowest BCUT2D eigenvalue weighted by Gasteiger charge is -2.16. The number of nitrogens with one attached hydrogen (secondary N) is 1. The maximum Gasteiger partial charge on any atom is 0.0964 e. The minimum Gasteiger partial charge on any atom is -0.325 e. The lowest BCUT2D eigenvalue weighted by atomic mass is 10.0. The van der Waals surface area contributed by atoms with Crippen molar-refractivity contribution in [3.8, 4) is 22.5 Å². The van der Waals surface area contributed by atoms with Gasteiger partial charge in [-0.3, -0.25) is 5.10 Å². The standard InChI is InChI=1S/C24H27N5/c1-17-22(18(2)27-26-17)24-23(19-10-6-5-7-11-19)25-16-29(24)15-21-13-9-8-12-20(21)14-28(3)4/h5-13,16H,14-15H2,1-4H3,(H,26,27). The zero-order valence-electron chi connectivity index (χ0n) is 17.5. The third-order valence-corrected chi connectivity index (χ3v) is 5.20. The first kappa shape index (κ1) is 19.2. The molecular weight excluding hydrogens is 358 g/mol. The molecule has 0 saturated heterocycles. The Morgan fingerprint density at radius 3 is 2.28 bits per heavy atom. The van der Waals surface area contributed by atoms with Crippen molar-refractivity contribution in [1.82, 2.24) is 24.6 Å². The van der Waals surface area contributed by atoms with Crippen molar-refractivity contribution in [2.75, 3.05) is 14.1 Å². The molecule has 0 amide bonds. The summed E-state index contributed by atoms with van der Waals surface area (Å²) in [6.45, 7) is 5.80. The van der Waals surface area contributed by atoms with E-state index >= 15 is 0 Å². The van der Waals surface area contributed by atoms with E-state index in [1.54, 1.807) is 0 Å². The van der Waals surface area contributed by atoms with Gasteiger partial charge in [0.25, 0.3) is 0 Å². The van der Waals surface area contributed by atoms with Crippen LogP contribution in [0, 0.1) is 13.8 Å². The minimum absolute atomic E-state index is 0.767. The zero-order chi connectivity index (χ0) is 20.4. The van der Waals surface area contributed by atoms with E-state index in [1.807, 2.05) is 19.3 Å². The molecule has 0 aliphatic rings. The second-order valence-corrected chi connectivity index (χ2v) is 7.75. The number of benzene rings is 2. The van der Waals surface area contributed by atoms with Gasteiger partial charge in [0.1, 0.15) is 0 Å². The summed E-state index contributed by atoms with van der Waals surface area (Å²) in [4.78, 5) is 7.02. The summed E-state index contributed by atoms with van der Waals surface area (Å²) in [7, 11) is 4.20. The summed E-state index contributed by atoms with van der Waals surface area (Å²) >= 11 is 0. The lowest BCUT2D eigenvalue weighted by molar-refractivity contribution is 0.400. The normalized spacial score (nSPS) is 11.3. The van der Waals surface area contributed by atoms with Crippen LogP contribution in [0.3, 0.4) is 0 Å². The average molecular weight is 386 g/mol. The summed E-state index contributed by atoms with van der Waals surface area (Å²) < 4.78 is 2.25. The first-order chi connectivity index (χ1) is 14.0. The fraction of sp³-hybridized carbons (Fsp3) is 0.250. The van der Waals surface area contributed by atoms with E-state index in [4.69, 9.17) is 4.98 Å². The van der Waals surface area contributed by atoms with E-state index in [9.17, 15) is 0 Å². The third-order valence-electron chi connectivity index (χ3n) is 5.20. The van der Waals surface area contributed by atoms with E-state index in [2.05, 4.69) is 89.2 Å². The van der Waals surface area contributed by atoms with Crippen molar-refractivity contribution in [3.05, 3.63) is 83.4 Å². The predicted octanol–water partition coefficient (Wildman–Crippen LogP) is 4.67. The van der Waals surface area contributed by atoms with Crippen LogP contribution in [0.4, 0.5) is 0 Å². The molecule has 0 aliphatic heterocycles. The highest BCUT2D eigenvalue weighted by Crippen LogP contribution is 2.35. The van der Waals surface area contributed by atoms with E-state index < -0.39 is 0 Å². The van der Waals surface area contributed by atoms with Crippen LogP contribution in [-0.4, -0.2) is 38.7 Å². The van der Waals surface area contributed by atoms with Gasteiger partial charge in [0.15, 0.2) is 0 Å². The van der Waals surface area contributed by atoms with Crippen molar-refractivity contribution < 1.29 is 0 Å². The predicted molar refractivity (Wildman–Crippen MR) is 118 cm³/mol. The van der Waals surface area contributed by atoms with Crippen LogP contribution in [0.25, 0.3) is 22.5 Å². The highest BCUT2D eigenvalue weighted by Gasteiger charge is 2.21. The SMILES string of the molecule is Cc1n[nH]c(C)c1-c1c(-c2ccccc2)ncn1Cc1ccccc1CN(C)C. The summed E-state index contributed by atoms with van der Waals surface area (Å²) in [6, 6.07) is 19.0. The van der Waals surface area contributed by atoms with Gasteiger partial charge in [-0.05, 0) is 39.1 Å². The first-order valence-electron chi connectivity index (χ1n) is 9.88. The first-order valence-corrected chi connectivity index (χ1v) is 9.88. The monoisotopic (exact) mass is 385 g/mol. The molecule has 29 heavy (non-hydrogen) atoms. The van der Waals surface area contributed by atoms with Crippen molar-refractivity contribution in [3.63, 3.8) is 0 Å². The minimum atomic E-state index is 0.767. The Hall–Kier alpha value is -3.18. The smallest absolute Gasteiger partial charge is 0.0964 e. The molecule has 2 aromatic heterocycles. The number of rotatable bonds is 6. The summed E-state index contributed by atoms with van der Waals surface area (Å²) in [5.41, 5.74) is 9.03. The fourth-order valence-electron chi connectivity index (χ4n) is 3.86. The Kier molecular flexibility index (Phi) is 5.32. The van der Waals surface area contributed by atoms with Gasteiger partial charge in [-0.1, -0.05) is 54.6 Å². The lowest BCUT2D eigenvalue weighted by Crippen LogP contribution is -2.13. The van der Waals surface area contributed by atoms with E-state index in [1.165, 1.54) is 11.1 Å².